The number of ketones is 1. The SMILES string of the molecule is O=C(C(=Cc1cc([N+](=O)[O-])ccc1O)n1cncn1)c1ccc(Cl)cc1Cl. The van der Waals surface area contributed by atoms with Gasteiger partial charge in [0.25, 0.3) is 5.69 Å². The maximum Gasteiger partial charge on any atom is 0.270 e. The molecule has 0 fully saturated rings. The fourth-order valence-electron chi connectivity index (χ4n) is 2.30. The van der Waals surface area contributed by atoms with Crippen LogP contribution >= 0.6 is 23.2 Å². The van der Waals surface area contributed by atoms with Gasteiger partial charge in [0.05, 0.1) is 9.95 Å². The minimum Gasteiger partial charge on any atom is -0.507 e. The molecule has 1 N–H and O–H groups in total. The van der Waals surface area contributed by atoms with E-state index < -0.39 is 10.7 Å². The summed E-state index contributed by atoms with van der Waals surface area (Å²) in [5.74, 6) is -0.777. The summed E-state index contributed by atoms with van der Waals surface area (Å²) in [7, 11) is 0. The highest BCUT2D eigenvalue weighted by molar-refractivity contribution is 6.40. The number of allylic oxidation sites excluding steroid dienone is 1. The number of non-ortho nitro benzene ring substituents is 1. The topological polar surface area (TPSA) is 111 Å². The van der Waals surface area contributed by atoms with Gasteiger partial charge in [-0.25, -0.2) is 9.67 Å². The lowest BCUT2D eigenvalue weighted by Crippen LogP contribution is -2.10. The second-order valence-corrected chi connectivity index (χ2v) is 6.17. The number of halogens is 2. The summed E-state index contributed by atoms with van der Waals surface area (Å²) < 4.78 is 1.17. The molecule has 10 heteroatoms. The van der Waals surface area contributed by atoms with Crippen molar-refractivity contribution in [1.29, 1.82) is 0 Å². The standard InChI is InChI=1S/C17H10Cl2N4O4/c18-11-1-3-13(14(19)7-11)17(25)15(22-9-20-8-21-22)6-10-5-12(23(26)27)2-4-16(10)24/h1-9,24H. The number of carbonyl (C=O) groups excluding carboxylic acids is 1. The van der Waals surface area contributed by atoms with Gasteiger partial charge in [0, 0.05) is 28.3 Å². The van der Waals surface area contributed by atoms with Crippen molar-refractivity contribution in [3.63, 3.8) is 0 Å². The number of carbonyl (C=O) groups is 1. The van der Waals surface area contributed by atoms with E-state index >= 15 is 0 Å². The van der Waals surface area contributed by atoms with Crippen LogP contribution in [0.2, 0.25) is 10.0 Å². The van der Waals surface area contributed by atoms with Gasteiger partial charge in [-0.15, -0.1) is 0 Å². The van der Waals surface area contributed by atoms with Crippen molar-refractivity contribution < 1.29 is 14.8 Å². The minimum absolute atomic E-state index is 0.0208. The van der Waals surface area contributed by atoms with Gasteiger partial charge in [0.15, 0.2) is 0 Å². The number of aromatic nitrogens is 3. The molecular weight excluding hydrogens is 395 g/mol. The first-order chi connectivity index (χ1) is 12.9. The lowest BCUT2D eigenvalue weighted by Gasteiger charge is -2.09. The fourth-order valence-corrected chi connectivity index (χ4v) is 2.79. The van der Waals surface area contributed by atoms with Gasteiger partial charge in [-0.3, -0.25) is 14.9 Å². The summed E-state index contributed by atoms with van der Waals surface area (Å²) in [6.07, 6.45) is 3.77. The average Bonchev–Trinajstić information content (AvgIpc) is 3.14. The Labute approximate surface area is 162 Å². The molecule has 0 radical (unpaired) electrons. The molecule has 136 valence electrons. The molecule has 1 heterocycles. The highest BCUT2D eigenvalue weighted by atomic mass is 35.5. The van der Waals surface area contributed by atoms with Gasteiger partial charge >= 0.3 is 0 Å². The molecule has 0 unspecified atom stereocenters. The van der Waals surface area contributed by atoms with Gasteiger partial charge in [0.1, 0.15) is 24.1 Å². The molecule has 0 spiro atoms. The predicted octanol–water partition coefficient (Wildman–Crippen LogP) is 4.08. The second-order valence-electron chi connectivity index (χ2n) is 5.32. The molecule has 0 atom stereocenters. The highest BCUT2D eigenvalue weighted by Crippen LogP contribution is 2.29. The molecule has 27 heavy (non-hydrogen) atoms. The molecule has 2 aromatic carbocycles. The smallest absolute Gasteiger partial charge is 0.270 e. The van der Waals surface area contributed by atoms with Crippen molar-refractivity contribution in [3.8, 4) is 5.75 Å². The number of phenolic OH excluding ortho intramolecular Hbond substituents is 1. The van der Waals surface area contributed by atoms with Gasteiger partial charge in [-0.1, -0.05) is 23.2 Å². The van der Waals surface area contributed by atoms with Crippen LogP contribution in [0.15, 0.2) is 49.1 Å². The zero-order valence-corrected chi connectivity index (χ0v) is 14.9. The maximum atomic E-state index is 13.0. The van der Waals surface area contributed by atoms with Crippen molar-refractivity contribution >= 4 is 46.4 Å². The van der Waals surface area contributed by atoms with E-state index in [1.54, 1.807) is 0 Å². The number of benzene rings is 2. The molecule has 8 nitrogen and oxygen atoms in total. The van der Waals surface area contributed by atoms with Crippen molar-refractivity contribution in [2.45, 2.75) is 0 Å². The summed E-state index contributed by atoms with van der Waals surface area (Å²) in [5, 5.41) is 25.4. The number of nitrogens with zero attached hydrogens (tertiary/aromatic N) is 4. The minimum atomic E-state index is -0.607. The molecule has 0 saturated heterocycles. The van der Waals surface area contributed by atoms with Crippen molar-refractivity contribution in [2.24, 2.45) is 0 Å². The summed E-state index contributed by atoms with van der Waals surface area (Å²) in [6, 6.07) is 7.83. The van der Waals surface area contributed by atoms with E-state index in [0.29, 0.717) is 5.02 Å². The lowest BCUT2D eigenvalue weighted by atomic mass is 10.0. The van der Waals surface area contributed by atoms with Gasteiger partial charge in [-0.2, -0.15) is 5.10 Å². The van der Waals surface area contributed by atoms with Crippen LogP contribution in [0.3, 0.4) is 0 Å². The monoisotopic (exact) mass is 404 g/mol. The van der Waals surface area contributed by atoms with Crippen LogP contribution in [-0.4, -0.2) is 30.6 Å². The van der Waals surface area contributed by atoms with Crippen LogP contribution in [0.25, 0.3) is 11.8 Å². The molecule has 0 aliphatic carbocycles. The summed E-state index contributed by atoms with van der Waals surface area (Å²) in [5.41, 5.74) is -0.0534. The first kappa shape index (κ1) is 18.6. The summed E-state index contributed by atoms with van der Waals surface area (Å²) >= 11 is 12.0. The fraction of sp³-hybridized carbons (Fsp3) is 0. The number of hydrogen-bond acceptors (Lipinski definition) is 6. The van der Waals surface area contributed by atoms with Crippen molar-refractivity contribution in [3.05, 3.63) is 80.3 Å². The summed E-state index contributed by atoms with van der Waals surface area (Å²) in [4.78, 5) is 27.2. The Morgan fingerprint density at radius 2 is 2.00 bits per heavy atom. The Hall–Kier alpha value is -3.23. The molecular formula is C17H10Cl2N4O4. The molecule has 3 rings (SSSR count). The summed E-state index contributed by atoms with van der Waals surface area (Å²) in [6.45, 7) is 0. The zero-order valence-electron chi connectivity index (χ0n) is 13.4. The third-order valence-electron chi connectivity index (χ3n) is 3.59. The van der Waals surface area contributed by atoms with Crippen LogP contribution in [0.5, 0.6) is 5.75 Å². The van der Waals surface area contributed by atoms with Gasteiger partial charge in [0.2, 0.25) is 5.78 Å². The molecule has 0 saturated carbocycles. The van der Waals surface area contributed by atoms with Crippen LogP contribution < -0.4 is 0 Å². The number of Topliss-reactive ketones (excluding diaryl/α,β-unsaturated/α-hetero) is 1. The number of aromatic hydroxyl groups is 1. The first-order valence-corrected chi connectivity index (χ1v) is 8.16. The van der Waals surface area contributed by atoms with Crippen LogP contribution in [0, 0.1) is 10.1 Å². The highest BCUT2D eigenvalue weighted by Gasteiger charge is 2.20. The Balaban J connectivity index is 2.16. The molecule has 3 aromatic rings. The van der Waals surface area contributed by atoms with Crippen LogP contribution in [0.1, 0.15) is 15.9 Å². The molecule has 0 aliphatic rings. The first-order valence-electron chi connectivity index (χ1n) is 7.40. The number of nitro groups is 1. The number of phenols is 1. The van der Waals surface area contributed by atoms with Crippen LogP contribution in [0.4, 0.5) is 5.69 Å². The molecule has 0 aliphatic heterocycles. The predicted molar refractivity (Wildman–Crippen MR) is 99.7 cm³/mol. The quantitative estimate of drug-likeness (QED) is 0.296. The van der Waals surface area contributed by atoms with Gasteiger partial charge in [-0.05, 0) is 30.3 Å². The Morgan fingerprint density at radius 1 is 1.22 bits per heavy atom. The molecule has 0 amide bonds. The van der Waals surface area contributed by atoms with E-state index in [-0.39, 0.29) is 33.3 Å². The third kappa shape index (κ3) is 3.97. The van der Waals surface area contributed by atoms with Gasteiger partial charge < -0.3 is 5.11 Å². The largest absolute Gasteiger partial charge is 0.507 e. The Morgan fingerprint density at radius 3 is 2.63 bits per heavy atom. The average molecular weight is 405 g/mol. The third-order valence-corrected chi connectivity index (χ3v) is 4.14. The second kappa shape index (κ2) is 7.56. The van der Waals surface area contributed by atoms with E-state index in [2.05, 4.69) is 10.1 Å². The van der Waals surface area contributed by atoms with E-state index in [1.807, 2.05) is 0 Å². The van der Waals surface area contributed by atoms with E-state index in [9.17, 15) is 20.0 Å². The number of rotatable bonds is 5. The normalized spacial score (nSPS) is 11.4. The van der Waals surface area contributed by atoms with Crippen LogP contribution in [-0.2, 0) is 0 Å². The number of hydrogen-bond donors (Lipinski definition) is 1. The Kier molecular flexibility index (Phi) is 5.20. The maximum absolute atomic E-state index is 13.0. The zero-order chi connectivity index (χ0) is 19.6. The molecule has 1 aromatic heterocycles. The van der Waals surface area contributed by atoms with E-state index in [0.717, 1.165) is 12.1 Å². The van der Waals surface area contributed by atoms with Crippen molar-refractivity contribution in [2.75, 3.05) is 0 Å². The number of nitro benzene ring substituents is 1. The molecule has 0 bridgehead atoms. The van der Waals surface area contributed by atoms with E-state index in [1.165, 1.54) is 47.7 Å². The van der Waals surface area contributed by atoms with E-state index in [4.69, 9.17) is 23.2 Å². The Bertz CT molecular complexity index is 1060. The lowest BCUT2D eigenvalue weighted by molar-refractivity contribution is -0.384. The van der Waals surface area contributed by atoms with Crippen molar-refractivity contribution in [1.82, 2.24) is 14.8 Å².